The molecule has 0 aromatic rings. The van der Waals surface area contributed by atoms with Crippen LogP contribution in [0.4, 0.5) is 0 Å². The number of carbonyl (C=O) groups is 3. The maximum absolute atomic E-state index is 12.9. The summed E-state index contributed by atoms with van der Waals surface area (Å²) in [6.45, 7) is 6.29. The van der Waals surface area contributed by atoms with Gasteiger partial charge in [-0.05, 0) is 103 Å². The van der Waals surface area contributed by atoms with E-state index >= 15 is 0 Å². The maximum Gasteiger partial charge on any atom is 0.306 e. The average Bonchev–Trinajstić information content (AvgIpc) is 3.08. The lowest BCUT2D eigenvalue weighted by molar-refractivity contribution is -0.152. The molecule has 7 heteroatoms. The molecular weight excluding hydrogens is 638 g/mol. The largest absolute Gasteiger partial charge is 0.462 e. The van der Waals surface area contributed by atoms with Crippen molar-refractivity contribution in [2.24, 2.45) is 11.8 Å². The fourth-order valence-corrected chi connectivity index (χ4v) is 6.96. The number of unbranched alkanes of at least 4 members (excludes halogenated alkanes) is 16. The number of rotatable bonds is 35. The molecule has 1 saturated carbocycles. The number of carbonyl (C=O) groups excluding carboxylic acids is 3. The Morgan fingerprint density at radius 1 is 0.569 bits per heavy atom. The van der Waals surface area contributed by atoms with Gasteiger partial charge < -0.3 is 19.1 Å². The second kappa shape index (κ2) is 33.7. The van der Waals surface area contributed by atoms with Gasteiger partial charge in [0.2, 0.25) is 0 Å². The summed E-state index contributed by atoms with van der Waals surface area (Å²) >= 11 is 0. The van der Waals surface area contributed by atoms with Crippen molar-refractivity contribution in [3.05, 3.63) is 24.3 Å². The van der Waals surface area contributed by atoms with Gasteiger partial charge in [-0.15, -0.1) is 0 Å². The molecule has 0 unspecified atom stereocenters. The molecule has 1 rings (SSSR count). The van der Waals surface area contributed by atoms with E-state index in [9.17, 15) is 14.4 Å². The first-order valence-electron chi connectivity index (χ1n) is 21.3. The highest BCUT2D eigenvalue weighted by Crippen LogP contribution is 2.36. The number of hydrogen-bond acceptors (Lipinski definition) is 7. The zero-order valence-corrected chi connectivity index (χ0v) is 33.7. The van der Waals surface area contributed by atoms with Crippen LogP contribution < -0.4 is 0 Å². The van der Waals surface area contributed by atoms with Crippen molar-refractivity contribution in [2.45, 2.75) is 193 Å². The molecule has 0 aromatic heterocycles. The summed E-state index contributed by atoms with van der Waals surface area (Å²) < 4.78 is 16.7. The molecular formula is C44H79NO6. The minimum Gasteiger partial charge on any atom is -0.462 e. The topological polar surface area (TPSA) is 82.1 Å². The van der Waals surface area contributed by atoms with Crippen LogP contribution in [0.1, 0.15) is 187 Å². The van der Waals surface area contributed by atoms with E-state index in [0.717, 1.165) is 128 Å². The zero-order valence-electron chi connectivity index (χ0n) is 33.7. The first-order chi connectivity index (χ1) is 24.8. The minimum atomic E-state index is -0.0929. The Labute approximate surface area is 314 Å². The highest BCUT2D eigenvalue weighted by molar-refractivity contribution is 5.70. The van der Waals surface area contributed by atoms with Gasteiger partial charge in [0.1, 0.15) is 19.3 Å². The van der Waals surface area contributed by atoms with Crippen LogP contribution >= 0.6 is 0 Å². The molecule has 0 spiro atoms. The van der Waals surface area contributed by atoms with Crippen molar-refractivity contribution in [1.82, 2.24) is 4.90 Å². The van der Waals surface area contributed by atoms with Gasteiger partial charge in [-0.2, -0.15) is 0 Å². The molecule has 0 amide bonds. The lowest BCUT2D eigenvalue weighted by atomic mass is 9.73. The molecule has 0 N–H and O–H groups in total. The molecule has 0 aliphatic heterocycles. The van der Waals surface area contributed by atoms with E-state index in [1.54, 1.807) is 0 Å². The third-order valence-corrected chi connectivity index (χ3v) is 9.99. The fourth-order valence-electron chi connectivity index (χ4n) is 6.96. The molecule has 1 aliphatic rings. The first kappa shape index (κ1) is 46.9. The normalized spacial score (nSPS) is 16.0. The van der Waals surface area contributed by atoms with Gasteiger partial charge in [0.05, 0.1) is 0 Å². The SMILES string of the molecule is CCCCC/C=C/COC(=O)CCCCCCCCC(CCCCCCCCC(=O)OC/C=C/CCCCC)OC(=O)CC1CC(CN(C)C)C1. The predicted molar refractivity (Wildman–Crippen MR) is 212 cm³/mol. The van der Waals surface area contributed by atoms with E-state index in [0.29, 0.717) is 38.4 Å². The van der Waals surface area contributed by atoms with E-state index in [4.69, 9.17) is 14.2 Å². The van der Waals surface area contributed by atoms with Gasteiger partial charge in [-0.25, -0.2) is 0 Å². The van der Waals surface area contributed by atoms with Crippen LogP contribution in [0, 0.1) is 11.8 Å². The van der Waals surface area contributed by atoms with Gasteiger partial charge in [0.25, 0.3) is 0 Å². The lowest BCUT2D eigenvalue weighted by Crippen LogP contribution is -2.34. The Morgan fingerprint density at radius 3 is 1.47 bits per heavy atom. The summed E-state index contributed by atoms with van der Waals surface area (Å²) in [4.78, 5) is 39.1. The van der Waals surface area contributed by atoms with E-state index in [2.05, 4.69) is 45.0 Å². The van der Waals surface area contributed by atoms with Crippen molar-refractivity contribution in [1.29, 1.82) is 0 Å². The van der Waals surface area contributed by atoms with Crippen LogP contribution in [0.5, 0.6) is 0 Å². The minimum absolute atomic E-state index is 0.00829. The van der Waals surface area contributed by atoms with Gasteiger partial charge in [0, 0.05) is 25.8 Å². The third kappa shape index (κ3) is 30.1. The summed E-state index contributed by atoms with van der Waals surface area (Å²) in [6, 6.07) is 0. The number of allylic oxidation sites excluding steroid dienone is 2. The molecule has 1 aliphatic carbocycles. The molecule has 1 fully saturated rings. The Kier molecular flexibility index (Phi) is 30.9. The molecule has 0 aromatic carbocycles. The maximum atomic E-state index is 12.9. The molecule has 7 nitrogen and oxygen atoms in total. The summed E-state index contributed by atoms with van der Waals surface area (Å²) in [5.41, 5.74) is 0. The molecule has 0 radical (unpaired) electrons. The molecule has 51 heavy (non-hydrogen) atoms. The number of nitrogens with zero attached hydrogens (tertiary/aromatic N) is 1. The number of hydrogen-bond donors (Lipinski definition) is 0. The first-order valence-corrected chi connectivity index (χ1v) is 21.3. The zero-order chi connectivity index (χ0) is 37.2. The van der Waals surface area contributed by atoms with Gasteiger partial charge >= 0.3 is 17.9 Å². The summed E-state index contributed by atoms with van der Waals surface area (Å²) in [6.07, 6.45) is 36.2. The van der Waals surface area contributed by atoms with Crippen LogP contribution in [0.15, 0.2) is 24.3 Å². The van der Waals surface area contributed by atoms with Crippen LogP contribution in [-0.4, -0.2) is 62.8 Å². The van der Waals surface area contributed by atoms with E-state index in [-0.39, 0.29) is 24.0 Å². The summed E-state index contributed by atoms with van der Waals surface area (Å²) in [5.74, 6) is 1.01. The Hall–Kier alpha value is -2.15. The molecule has 0 heterocycles. The lowest BCUT2D eigenvalue weighted by Gasteiger charge is -2.36. The van der Waals surface area contributed by atoms with Crippen molar-refractivity contribution >= 4 is 17.9 Å². The number of ether oxygens (including phenoxy) is 3. The van der Waals surface area contributed by atoms with Crippen LogP contribution in [0.2, 0.25) is 0 Å². The molecule has 0 atom stereocenters. The second-order valence-corrected chi connectivity index (χ2v) is 15.4. The highest BCUT2D eigenvalue weighted by atomic mass is 16.5. The molecule has 0 saturated heterocycles. The molecule has 0 bridgehead atoms. The van der Waals surface area contributed by atoms with Crippen molar-refractivity contribution < 1.29 is 28.6 Å². The quantitative estimate of drug-likeness (QED) is 0.0279. The van der Waals surface area contributed by atoms with Gasteiger partial charge in [0.15, 0.2) is 0 Å². The van der Waals surface area contributed by atoms with Crippen molar-refractivity contribution in [2.75, 3.05) is 33.9 Å². The van der Waals surface area contributed by atoms with Gasteiger partial charge in [-0.3, -0.25) is 14.4 Å². The molecule has 296 valence electrons. The Balaban J connectivity index is 2.22. The Bertz CT molecular complexity index is 857. The van der Waals surface area contributed by atoms with Crippen LogP contribution in [0.25, 0.3) is 0 Å². The Morgan fingerprint density at radius 2 is 1.02 bits per heavy atom. The van der Waals surface area contributed by atoms with Gasteiger partial charge in [-0.1, -0.05) is 115 Å². The number of esters is 3. The summed E-state index contributed by atoms with van der Waals surface area (Å²) in [7, 11) is 4.23. The van der Waals surface area contributed by atoms with Crippen LogP contribution in [-0.2, 0) is 28.6 Å². The average molecular weight is 718 g/mol. The van der Waals surface area contributed by atoms with E-state index < -0.39 is 0 Å². The summed E-state index contributed by atoms with van der Waals surface area (Å²) in [5, 5.41) is 0. The monoisotopic (exact) mass is 718 g/mol. The highest BCUT2D eigenvalue weighted by Gasteiger charge is 2.31. The standard InChI is InChI=1S/C44H79NO6/c1-5-7-9-11-21-27-33-49-42(46)31-25-19-15-13-17-23-29-41(51-44(48)37-39-35-40(36-39)38-45(3)4)30-24-18-14-16-20-26-32-43(47)50-34-28-22-12-10-8-6-2/h21-22,27-28,39-41H,5-20,23-26,29-38H2,1-4H3/b27-21+,28-22+. The fraction of sp³-hybridized carbons (Fsp3) is 0.841. The third-order valence-electron chi connectivity index (χ3n) is 9.99. The van der Waals surface area contributed by atoms with Crippen molar-refractivity contribution in [3.63, 3.8) is 0 Å². The van der Waals surface area contributed by atoms with Crippen molar-refractivity contribution in [3.8, 4) is 0 Å². The second-order valence-electron chi connectivity index (χ2n) is 15.4. The van der Waals surface area contributed by atoms with E-state index in [1.165, 1.54) is 38.5 Å². The van der Waals surface area contributed by atoms with Crippen LogP contribution in [0.3, 0.4) is 0 Å². The smallest absolute Gasteiger partial charge is 0.306 e. The van der Waals surface area contributed by atoms with E-state index in [1.807, 2.05) is 12.2 Å². The predicted octanol–water partition coefficient (Wildman–Crippen LogP) is 11.5.